The zero-order chi connectivity index (χ0) is 10.7. The quantitative estimate of drug-likeness (QED) is 0.702. The first-order chi connectivity index (χ1) is 7.36. The van der Waals surface area contributed by atoms with Crippen LogP contribution >= 0.6 is 0 Å². The number of carbonyl (C=O) groups is 1. The van der Waals surface area contributed by atoms with Gasteiger partial charge in [-0.25, -0.2) is 0 Å². The van der Waals surface area contributed by atoms with Crippen molar-refractivity contribution in [3.63, 3.8) is 0 Å². The van der Waals surface area contributed by atoms with Crippen molar-refractivity contribution in [1.82, 2.24) is 0 Å². The molecule has 80 valence electrons. The van der Waals surface area contributed by atoms with Gasteiger partial charge in [-0.15, -0.1) is 0 Å². The van der Waals surface area contributed by atoms with Gasteiger partial charge < -0.3 is 19.0 Å². The second-order valence-corrected chi connectivity index (χ2v) is 3.22. The molecule has 1 aliphatic rings. The van der Waals surface area contributed by atoms with Gasteiger partial charge in [0.2, 0.25) is 0 Å². The zero-order valence-electron chi connectivity index (χ0n) is 8.49. The van der Waals surface area contributed by atoms with Crippen LogP contribution in [0.15, 0.2) is 12.1 Å². The number of ether oxygens (including phenoxy) is 3. The number of hydrogen-bond acceptors (Lipinski definition) is 4. The van der Waals surface area contributed by atoms with Gasteiger partial charge in [0.15, 0.2) is 6.79 Å². The van der Waals surface area contributed by atoms with Crippen molar-refractivity contribution in [3.8, 4) is 11.5 Å². The summed E-state index contributed by atoms with van der Waals surface area (Å²) in [7, 11) is 1.60. The first-order valence-corrected chi connectivity index (χ1v) is 4.69. The highest BCUT2D eigenvalue weighted by molar-refractivity contribution is 5.61. The van der Waals surface area contributed by atoms with E-state index in [2.05, 4.69) is 0 Å². The Kier molecular flexibility index (Phi) is 2.87. The highest BCUT2D eigenvalue weighted by atomic mass is 16.7. The number of aldehydes is 1. The van der Waals surface area contributed by atoms with Gasteiger partial charge in [-0.2, -0.15) is 0 Å². The Morgan fingerprint density at radius 2 is 2.40 bits per heavy atom. The largest absolute Gasteiger partial charge is 0.496 e. The average Bonchev–Trinajstić information content (AvgIpc) is 2.30. The van der Waals surface area contributed by atoms with Gasteiger partial charge >= 0.3 is 0 Å². The first-order valence-electron chi connectivity index (χ1n) is 4.69. The molecule has 1 aromatic carbocycles. The van der Waals surface area contributed by atoms with E-state index in [1.807, 2.05) is 12.1 Å². The van der Waals surface area contributed by atoms with Crippen molar-refractivity contribution < 1.29 is 19.0 Å². The summed E-state index contributed by atoms with van der Waals surface area (Å²) < 4.78 is 15.8. The van der Waals surface area contributed by atoms with Gasteiger partial charge in [0.25, 0.3) is 0 Å². The zero-order valence-corrected chi connectivity index (χ0v) is 8.49. The van der Waals surface area contributed by atoms with Gasteiger partial charge in [0.05, 0.1) is 19.3 Å². The minimum absolute atomic E-state index is 0.228. The monoisotopic (exact) mass is 208 g/mol. The average molecular weight is 208 g/mol. The molecule has 0 unspecified atom stereocenters. The van der Waals surface area contributed by atoms with E-state index in [0.717, 1.165) is 28.9 Å². The smallest absolute Gasteiger partial charge is 0.189 e. The maximum absolute atomic E-state index is 10.5. The molecule has 0 N–H and O–H groups in total. The maximum atomic E-state index is 10.5. The number of rotatable bonds is 3. The Morgan fingerprint density at radius 1 is 1.53 bits per heavy atom. The Balaban J connectivity index is 2.47. The normalized spacial score (nSPS) is 13.9. The minimum atomic E-state index is 0.228. The third-order valence-corrected chi connectivity index (χ3v) is 2.36. The van der Waals surface area contributed by atoms with E-state index >= 15 is 0 Å². The van der Waals surface area contributed by atoms with Crippen LogP contribution in [0.25, 0.3) is 0 Å². The van der Waals surface area contributed by atoms with Crippen LogP contribution in [-0.2, 0) is 22.6 Å². The first kappa shape index (κ1) is 9.98. The summed E-state index contributed by atoms with van der Waals surface area (Å²) in [4.78, 5) is 10.5. The topological polar surface area (TPSA) is 44.8 Å². The lowest BCUT2D eigenvalue weighted by Crippen LogP contribution is -2.14. The van der Waals surface area contributed by atoms with Crippen LogP contribution in [-0.4, -0.2) is 20.2 Å². The summed E-state index contributed by atoms with van der Waals surface area (Å²) in [5.41, 5.74) is 1.76. The van der Waals surface area contributed by atoms with Crippen molar-refractivity contribution in [3.05, 3.63) is 23.3 Å². The van der Waals surface area contributed by atoms with Crippen molar-refractivity contribution in [2.24, 2.45) is 0 Å². The van der Waals surface area contributed by atoms with E-state index < -0.39 is 0 Å². The molecule has 0 saturated carbocycles. The summed E-state index contributed by atoms with van der Waals surface area (Å²) >= 11 is 0. The molecule has 0 fully saturated rings. The predicted molar refractivity (Wildman–Crippen MR) is 53.0 cm³/mol. The lowest BCUT2D eigenvalue weighted by molar-refractivity contribution is -0.107. The summed E-state index contributed by atoms with van der Waals surface area (Å²) in [6, 6.07) is 3.67. The molecule has 0 aromatic heterocycles. The fourth-order valence-electron chi connectivity index (χ4n) is 1.66. The molecule has 4 nitrogen and oxygen atoms in total. The molecule has 0 saturated heterocycles. The van der Waals surface area contributed by atoms with Crippen LogP contribution in [0.1, 0.15) is 11.1 Å². The molecule has 2 rings (SSSR count). The van der Waals surface area contributed by atoms with Crippen LogP contribution in [0.3, 0.4) is 0 Å². The third kappa shape index (κ3) is 1.80. The second kappa shape index (κ2) is 4.31. The summed E-state index contributed by atoms with van der Waals surface area (Å²) in [6.45, 7) is 0.692. The Hall–Kier alpha value is -1.55. The van der Waals surface area contributed by atoms with E-state index in [0.29, 0.717) is 13.0 Å². The molecule has 0 bridgehead atoms. The fraction of sp³-hybridized carbons (Fsp3) is 0.364. The van der Waals surface area contributed by atoms with E-state index in [1.165, 1.54) is 0 Å². The van der Waals surface area contributed by atoms with Crippen LogP contribution in [0.2, 0.25) is 0 Å². The molecular formula is C11H12O4. The predicted octanol–water partition coefficient (Wildman–Crippen LogP) is 1.30. The van der Waals surface area contributed by atoms with Crippen LogP contribution < -0.4 is 9.47 Å². The van der Waals surface area contributed by atoms with Gasteiger partial charge in [0.1, 0.15) is 17.8 Å². The molecule has 0 radical (unpaired) electrons. The number of benzene rings is 1. The van der Waals surface area contributed by atoms with Crippen molar-refractivity contribution in [2.45, 2.75) is 13.0 Å². The van der Waals surface area contributed by atoms with Gasteiger partial charge in [0, 0.05) is 12.0 Å². The second-order valence-electron chi connectivity index (χ2n) is 3.22. The van der Waals surface area contributed by atoms with Crippen molar-refractivity contribution in [2.75, 3.05) is 13.9 Å². The lowest BCUT2D eigenvalue weighted by atomic mass is 10.1. The van der Waals surface area contributed by atoms with E-state index in [-0.39, 0.29) is 6.79 Å². The Morgan fingerprint density at radius 3 is 3.13 bits per heavy atom. The van der Waals surface area contributed by atoms with Crippen molar-refractivity contribution >= 4 is 6.29 Å². The standard InChI is InChI=1S/C11H12O4/c1-13-10-3-2-8(4-5-12)11-9(10)6-14-7-15-11/h2-3,5H,4,6-7H2,1H3. The van der Waals surface area contributed by atoms with Gasteiger partial charge in [-0.1, -0.05) is 6.07 Å². The third-order valence-electron chi connectivity index (χ3n) is 2.36. The molecule has 1 heterocycles. The summed E-state index contributed by atoms with van der Waals surface area (Å²) in [5, 5.41) is 0. The number of methoxy groups -OCH3 is 1. The maximum Gasteiger partial charge on any atom is 0.189 e. The SMILES string of the molecule is COc1ccc(CC=O)c2c1COCO2. The molecule has 15 heavy (non-hydrogen) atoms. The van der Waals surface area contributed by atoms with E-state index in [4.69, 9.17) is 14.2 Å². The fourth-order valence-corrected chi connectivity index (χ4v) is 1.66. The molecule has 4 heteroatoms. The molecule has 0 aliphatic carbocycles. The van der Waals surface area contributed by atoms with E-state index in [1.54, 1.807) is 7.11 Å². The van der Waals surface area contributed by atoms with Crippen LogP contribution in [0.4, 0.5) is 0 Å². The lowest BCUT2D eigenvalue weighted by Gasteiger charge is -2.22. The Bertz CT molecular complexity index is 373. The van der Waals surface area contributed by atoms with Gasteiger partial charge in [-0.3, -0.25) is 0 Å². The van der Waals surface area contributed by atoms with Gasteiger partial charge in [-0.05, 0) is 6.07 Å². The molecular weight excluding hydrogens is 196 g/mol. The Labute approximate surface area is 87.8 Å². The highest BCUT2D eigenvalue weighted by Crippen LogP contribution is 2.35. The van der Waals surface area contributed by atoms with Crippen molar-refractivity contribution in [1.29, 1.82) is 0 Å². The van der Waals surface area contributed by atoms with E-state index in [9.17, 15) is 4.79 Å². The van der Waals surface area contributed by atoms with Crippen LogP contribution in [0, 0.1) is 0 Å². The molecule has 1 aromatic rings. The number of carbonyl (C=O) groups excluding carboxylic acids is 1. The highest BCUT2D eigenvalue weighted by Gasteiger charge is 2.19. The van der Waals surface area contributed by atoms with Crippen LogP contribution in [0.5, 0.6) is 11.5 Å². The number of hydrogen-bond donors (Lipinski definition) is 0. The molecule has 0 spiro atoms. The summed E-state index contributed by atoms with van der Waals surface area (Å²) in [6.07, 6.45) is 1.22. The summed E-state index contributed by atoms with van der Waals surface area (Å²) in [5.74, 6) is 1.46. The molecule has 0 amide bonds. The molecule has 1 aliphatic heterocycles. The molecule has 0 atom stereocenters. The number of fused-ring (bicyclic) bond motifs is 1. The minimum Gasteiger partial charge on any atom is -0.496 e.